The summed E-state index contributed by atoms with van der Waals surface area (Å²) in [5, 5.41) is 17.3. The van der Waals surface area contributed by atoms with E-state index in [9.17, 15) is 4.79 Å². The predicted octanol–water partition coefficient (Wildman–Crippen LogP) is 0.725. The average Bonchev–Trinajstić information content (AvgIpc) is 3.01. The molecule has 3 aromatic rings. The summed E-state index contributed by atoms with van der Waals surface area (Å²) in [7, 11) is 0. The van der Waals surface area contributed by atoms with Crippen LogP contribution >= 0.6 is 0 Å². The second-order valence-electron chi connectivity index (χ2n) is 4.65. The molecular formula is C14H15N5O2. The quantitative estimate of drug-likeness (QED) is 0.698. The zero-order chi connectivity index (χ0) is 14.7. The summed E-state index contributed by atoms with van der Waals surface area (Å²) >= 11 is 0. The third-order valence-corrected chi connectivity index (χ3v) is 3.20. The summed E-state index contributed by atoms with van der Waals surface area (Å²) in [5.41, 5.74) is 0.806. The normalized spacial score (nSPS) is 11.1. The fraction of sp³-hybridized carbons (Fsp3) is 0.286. The summed E-state index contributed by atoms with van der Waals surface area (Å²) in [6, 6.07) is 9.28. The first-order valence-corrected chi connectivity index (χ1v) is 6.78. The highest BCUT2D eigenvalue weighted by atomic mass is 16.2. The Kier molecular flexibility index (Phi) is 3.74. The van der Waals surface area contributed by atoms with Crippen molar-refractivity contribution in [2.75, 3.05) is 6.61 Å². The number of aliphatic hydroxyl groups is 1. The Hall–Kier alpha value is -2.54. The largest absolute Gasteiger partial charge is 0.396 e. The highest BCUT2D eigenvalue weighted by Gasteiger charge is 2.13. The number of aliphatic hydroxyl groups excluding tert-OH is 1. The summed E-state index contributed by atoms with van der Waals surface area (Å²) < 4.78 is 2.92. The Bertz CT molecular complexity index is 794. The van der Waals surface area contributed by atoms with E-state index in [0.29, 0.717) is 24.4 Å². The molecule has 0 saturated carbocycles. The molecule has 2 heterocycles. The number of benzene rings is 1. The van der Waals surface area contributed by atoms with E-state index in [2.05, 4.69) is 15.2 Å². The van der Waals surface area contributed by atoms with Gasteiger partial charge in [0.05, 0.1) is 0 Å². The molecule has 0 fully saturated rings. The van der Waals surface area contributed by atoms with E-state index in [-0.39, 0.29) is 12.2 Å². The molecule has 7 nitrogen and oxygen atoms in total. The molecule has 108 valence electrons. The van der Waals surface area contributed by atoms with E-state index < -0.39 is 0 Å². The number of nitrogens with zero attached hydrogens (tertiary/aromatic N) is 5. The highest BCUT2D eigenvalue weighted by Crippen LogP contribution is 2.12. The number of aryl methyl sites for hydroxylation is 1. The van der Waals surface area contributed by atoms with Gasteiger partial charge in [0.25, 0.3) is 5.78 Å². The minimum atomic E-state index is -0.285. The molecule has 7 heteroatoms. The minimum Gasteiger partial charge on any atom is -0.396 e. The van der Waals surface area contributed by atoms with Crippen molar-refractivity contribution < 1.29 is 5.11 Å². The van der Waals surface area contributed by atoms with Crippen LogP contribution in [0.4, 0.5) is 0 Å². The molecule has 2 aromatic heterocycles. The molecule has 0 aliphatic heterocycles. The zero-order valence-electron chi connectivity index (χ0n) is 11.4. The Morgan fingerprint density at radius 3 is 2.71 bits per heavy atom. The topological polar surface area (TPSA) is 85.3 Å². The van der Waals surface area contributed by atoms with Crippen LogP contribution in [-0.4, -0.2) is 36.1 Å². The van der Waals surface area contributed by atoms with Crippen molar-refractivity contribution in [1.82, 2.24) is 24.4 Å². The van der Waals surface area contributed by atoms with Crippen LogP contribution in [-0.2, 0) is 6.54 Å². The fourth-order valence-corrected chi connectivity index (χ4v) is 2.16. The van der Waals surface area contributed by atoms with Crippen LogP contribution in [0.1, 0.15) is 12.8 Å². The molecule has 1 aromatic carbocycles. The number of fused-ring (bicyclic) bond motifs is 1. The Morgan fingerprint density at radius 2 is 1.95 bits per heavy atom. The van der Waals surface area contributed by atoms with Crippen molar-refractivity contribution in [2.45, 2.75) is 19.4 Å². The van der Waals surface area contributed by atoms with E-state index in [1.54, 1.807) is 4.68 Å². The molecule has 0 aliphatic carbocycles. The number of unbranched alkanes of at least 4 members (excludes halogenated alkanes) is 1. The van der Waals surface area contributed by atoms with E-state index in [0.717, 1.165) is 12.0 Å². The van der Waals surface area contributed by atoms with Gasteiger partial charge in [-0.15, -0.1) is 5.10 Å². The summed E-state index contributed by atoms with van der Waals surface area (Å²) in [6.07, 6.45) is 2.77. The summed E-state index contributed by atoms with van der Waals surface area (Å²) in [4.78, 5) is 16.5. The molecule has 3 rings (SSSR count). The maximum Gasteiger partial charge on any atom is 0.302 e. The molecule has 0 unspecified atom stereocenters. The van der Waals surface area contributed by atoms with Gasteiger partial charge in [0.1, 0.15) is 6.33 Å². The van der Waals surface area contributed by atoms with Gasteiger partial charge in [-0.1, -0.05) is 30.3 Å². The van der Waals surface area contributed by atoms with Crippen molar-refractivity contribution in [1.29, 1.82) is 0 Å². The first kappa shape index (κ1) is 13.4. The molecule has 0 aliphatic rings. The maximum absolute atomic E-state index is 12.4. The molecule has 1 N–H and O–H groups in total. The third-order valence-electron chi connectivity index (χ3n) is 3.20. The summed E-state index contributed by atoms with van der Waals surface area (Å²) in [6.45, 7) is 0.706. The number of rotatable bonds is 5. The van der Waals surface area contributed by atoms with Gasteiger partial charge in [-0.3, -0.25) is 4.79 Å². The predicted molar refractivity (Wildman–Crippen MR) is 76.8 cm³/mol. The molecule has 0 atom stereocenters. The van der Waals surface area contributed by atoms with Crippen molar-refractivity contribution in [3.63, 3.8) is 0 Å². The van der Waals surface area contributed by atoms with Gasteiger partial charge in [0.2, 0.25) is 0 Å². The van der Waals surface area contributed by atoms with Crippen LogP contribution in [0.3, 0.4) is 0 Å². The second-order valence-corrected chi connectivity index (χ2v) is 4.65. The van der Waals surface area contributed by atoms with Gasteiger partial charge in [0.15, 0.2) is 5.69 Å². The number of hydrogen-bond acceptors (Lipinski definition) is 5. The van der Waals surface area contributed by atoms with E-state index >= 15 is 0 Å². The van der Waals surface area contributed by atoms with Gasteiger partial charge in [0, 0.05) is 18.7 Å². The van der Waals surface area contributed by atoms with Crippen LogP contribution in [0.25, 0.3) is 17.0 Å². The number of hydrogen-bond donors (Lipinski definition) is 1. The van der Waals surface area contributed by atoms with Crippen molar-refractivity contribution in [2.24, 2.45) is 0 Å². The highest BCUT2D eigenvalue weighted by molar-refractivity contribution is 5.57. The lowest BCUT2D eigenvalue weighted by Gasteiger charge is -2.08. The van der Waals surface area contributed by atoms with Crippen molar-refractivity contribution in [3.8, 4) is 11.3 Å². The molecular weight excluding hydrogens is 270 g/mol. The fourth-order valence-electron chi connectivity index (χ4n) is 2.16. The van der Waals surface area contributed by atoms with Crippen LogP contribution in [0.2, 0.25) is 0 Å². The van der Waals surface area contributed by atoms with Gasteiger partial charge < -0.3 is 5.11 Å². The lowest BCUT2D eigenvalue weighted by atomic mass is 10.2. The average molecular weight is 285 g/mol. The third kappa shape index (κ3) is 2.55. The van der Waals surface area contributed by atoms with E-state index in [1.165, 1.54) is 10.8 Å². The Morgan fingerprint density at radius 1 is 1.14 bits per heavy atom. The molecule has 21 heavy (non-hydrogen) atoms. The first-order chi connectivity index (χ1) is 10.3. The lowest BCUT2D eigenvalue weighted by Crippen LogP contribution is -2.24. The Balaban J connectivity index is 2.12. The van der Waals surface area contributed by atoms with Gasteiger partial charge in [-0.2, -0.15) is 14.6 Å². The monoisotopic (exact) mass is 285 g/mol. The summed E-state index contributed by atoms with van der Waals surface area (Å²) in [5.74, 6) is 0.414. The second kappa shape index (κ2) is 5.84. The van der Waals surface area contributed by atoms with E-state index in [1.807, 2.05) is 30.3 Å². The SMILES string of the molecule is O=c1c(-c2ccccc2)nn(CCCCO)c2ncnn12. The standard InChI is InChI=1S/C14H15N5O2/c20-9-5-4-8-18-14-15-10-16-19(14)13(21)12(17-18)11-6-2-1-3-7-11/h1-3,6-7,10,20H,4-5,8-9H2. The maximum atomic E-state index is 12.4. The molecule has 0 bridgehead atoms. The minimum absolute atomic E-state index is 0.134. The van der Waals surface area contributed by atoms with E-state index in [4.69, 9.17) is 5.11 Å². The molecule has 0 radical (unpaired) electrons. The molecule has 0 saturated heterocycles. The zero-order valence-corrected chi connectivity index (χ0v) is 11.4. The Labute approximate surface area is 120 Å². The smallest absolute Gasteiger partial charge is 0.302 e. The molecule has 0 spiro atoms. The van der Waals surface area contributed by atoms with Crippen molar-refractivity contribution in [3.05, 3.63) is 47.0 Å². The van der Waals surface area contributed by atoms with Crippen LogP contribution < -0.4 is 5.56 Å². The lowest BCUT2D eigenvalue weighted by molar-refractivity contribution is 0.280. The first-order valence-electron chi connectivity index (χ1n) is 6.78. The van der Waals surface area contributed by atoms with Crippen LogP contribution in [0.5, 0.6) is 0 Å². The van der Waals surface area contributed by atoms with Crippen LogP contribution in [0, 0.1) is 0 Å². The van der Waals surface area contributed by atoms with Gasteiger partial charge >= 0.3 is 5.56 Å². The number of aromatic nitrogens is 5. The van der Waals surface area contributed by atoms with Gasteiger partial charge in [-0.05, 0) is 12.8 Å². The molecule has 0 amide bonds. The van der Waals surface area contributed by atoms with Gasteiger partial charge in [-0.25, -0.2) is 4.68 Å². The van der Waals surface area contributed by atoms with Crippen molar-refractivity contribution >= 4 is 5.78 Å². The van der Waals surface area contributed by atoms with Crippen LogP contribution in [0.15, 0.2) is 41.5 Å².